The topological polar surface area (TPSA) is 298 Å². The molecule has 0 aliphatic carbocycles. The van der Waals surface area contributed by atoms with E-state index in [0.29, 0.717) is 25.7 Å². The minimum Gasteiger partial charge on any atom is -0.481 e. The Hall–Kier alpha value is -5.54. The molecule has 0 aliphatic heterocycles. The molecular formula is C28H30O16. The summed E-state index contributed by atoms with van der Waals surface area (Å²) < 4.78 is 0. The molecule has 2 atom stereocenters. The van der Waals surface area contributed by atoms with Crippen LogP contribution in [0.25, 0.3) is 10.8 Å². The number of carboxylic acid groups (broad SMARTS) is 8. The molecule has 0 bridgehead atoms. The molecule has 2 unspecified atom stereocenters. The summed E-state index contributed by atoms with van der Waals surface area (Å²) in [6.07, 6.45) is 2.11. The Kier molecular flexibility index (Phi) is 13.9. The lowest BCUT2D eigenvalue weighted by Crippen LogP contribution is -2.18. The van der Waals surface area contributed by atoms with Crippen molar-refractivity contribution in [2.24, 2.45) is 11.8 Å². The Morgan fingerprint density at radius 1 is 0.432 bits per heavy atom. The molecule has 0 saturated carbocycles. The van der Waals surface area contributed by atoms with Gasteiger partial charge in [-0.15, -0.1) is 0 Å². The predicted octanol–water partition coefficient (Wildman–Crippen LogP) is 3.31. The molecule has 238 valence electrons. The number of aliphatic carboxylic acids is 4. The number of benzene rings is 2. The van der Waals surface area contributed by atoms with Crippen LogP contribution in [-0.4, -0.2) is 88.6 Å². The van der Waals surface area contributed by atoms with Gasteiger partial charge in [0, 0.05) is 10.8 Å². The standard InChI is InChI=1S/C14H8O8.C14H22O8/c15-11(16)5-1-2-6(12(17)18)10-8(14(21)22)4-3-7(9(5)10)13(19)20;15-11(16)7-9(13(19)20)5-3-1-2-4-6-10(14(21)22)8-12(17)18/h1-4H,(H,15,16)(H,17,18)(H,19,20)(H,21,22);9-10H,1-8H2,(H,15,16)(H,17,18)(H,19,20)(H,21,22). The molecule has 8 N–H and O–H groups in total. The van der Waals surface area contributed by atoms with E-state index in [1.165, 1.54) is 0 Å². The van der Waals surface area contributed by atoms with Crippen molar-refractivity contribution in [2.75, 3.05) is 0 Å². The highest BCUT2D eigenvalue weighted by Gasteiger charge is 2.25. The monoisotopic (exact) mass is 622 g/mol. The third kappa shape index (κ3) is 10.7. The summed E-state index contributed by atoms with van der Waals surface area (Å²) in [5, 5.41) is 70.7. The smallest absolute Gasteiger partial charge is 0.336 e. The van der Waals surface area contributed by atoms with Crippen LogP contribution in [0.1, 0.15) is 92.8 Å². The first-order chi connectivity index (χ1) is 20.5. The Bertz CT molecular complexity index is 1280. The van der Waals surface area contributed by atoms with Gasteiger partial charge < -0.3 is 40.9 Å². The highest BCUT2D eigenvalue weighted by atomic mass is 16.4. The van der Waals surface area contributed by atoms with E-state index in [0.717, 1.165) is 24.3 Å². The van der Waals surface area contributed by atoms with Crippen molar-refractivity contribution in [3.8, 4) is 0 Å². The normalized spacial score (nSPS) is 11.8. The van der Waals surface area contributed by atoms with Gasteiger partial charge in [-0.3, -0.25) is 19.2 Å². The van der Waals surface area contributed by atoms with Crippen LogP contribution in [0, 0.1) is 11.8 Å². The van der Waals surface area contributed by atoms with E-state index in [1.807, 2.05) is 0 Å². The number of aromatic carboxylic acids is 4. The number of carbonyl (C=O) groups is 8. The van der Waals surface area contributed by atoms with Crippen molar-refractivity contribution in [1.29, 1.82) is 0 Å². The van der Waals surface area contributed by atoms with Crippen LogP contribution in [-0.2, 0) is 19.2 Å². The van der Waals surface area contributed by atoms with E-state index >= 15 is 0 Å². The Labute approximate surface area is 247 Å². The van der Waals surface area contributed by atoms with Crippen LogP contribution in [0.5, 0.6) is 0 Å². The largest absolute Gasteiger partial charge is 0.481 e. The zero-order chi connectivity index (χ0) is 33.7. The molecule has 2 aromatic rings. The van der Waals surface area contributed by atoms with Gasteiger partial charge in [0.2, 0.25) is 0 Å². The summed E-state index contributed by atoms with van der Waals surface area (Å²) in [7, 11) is 0. The van der Waals surface area contributed by atoms with E-state index in [1.54, 1.807) is 0 Å². The van der Waals surface area contributed by atoms with Crippen molar-refractivity contribution in [2.45, 2.75) is 51.4 Å². The van der Waals surface area contributed by atoms with Crippen LogP contribution >= 0.6 is 0 Å². The Morgan fingerprint density at radius 3 is 0.864 bits per heavy atom. The zero-order valence-corrected chi connectivity index (χ0v) is 23.0. The fourth-order valence-electron chi connectivity index (χ4n) is 4.39. The van der Waals surface area contributed by atoms with Crippen LogP contribution in [0.4, 0.5) is 0 Å². The average Bonchev–Trinajstić information content (AvgIpc) is 2.91. The van der Waals surface area contributed by atoms with Gasteiger partial charge in [0.1, 0.15) is 0 Å². The second-order valence-electron chi connectivity index (χ2n) is 9.55. The van der Waals surface area contributed by atoms with E-state index < -0.39 is 105 Å². The highest BCUT2D eigenvalue weighted by Crippen LogP contribution is 2.30. The minimum atomic E-state index is -1.49. The first kappa shape index (κ1) is 36.5. The Morgan fingerprint density at radius 2 is 0.682 bits per heavy atom. The molecule has 0 aromatic heterocycles. The second-order valence-corrected chi connectivity index (χ2v) is 9.55. The number of hydrogen-bond acceptors (Lipinski definition) is 8. The minimum absolute atomic E-state index is 0.263. The quantitative estimate of drug-likeness (QED) is 0.117. The Balaban J connectivity index is 0.000000440. The molecule has 0 aliphatic rings. The maximum atomic E-state index is 11.3. The third-order valence-electron chi connectivity index (χ3n) is 6.48. The molecule has 0 amide bonds. The molecule has 0 heterocycles. The van der Waals surface area contributed by atoms with Gasteiger partial charge in [-0.05, 0) is 37.1 Å². The number of unbranched alkanes of at least 4 members (excludes halogenated alkanes) is 3. The molecular weight excluding hydrogens is 592 g/mol. The molecule has 0 radical (unpaired) electrons. The van der Waals surface area contributed by atoms with E-state index in [9.17, 15) is 38.4 Å². The number of hydrogen-bond donors (Lipinski definition) is 8. The summed E-state index contributed by atoms with van der Waals surface area (Å²) >= 11 is 0. The van der Waals surface area contributed by atoms with E-state index in [4.69, 9.17) is 40.9 Å². The predicted molar refractivity (Wildman–Crippen MR) is 146 cm³/mol. The zero-order valence-electron chi connectivity index (χ0n) is 23.0. The van der Waals surface area contributed by atoms with Gasteiger partial charge in [-0.2, -0.15) is 0 Å². The molecule has 2 rings (SSSR count). The maximum absolute atomic E-state index is 11.3. The van der Waals surface area contributed by atoms with Crippen molar-refractivity contribution >= 4 is 58.5 Å². The molecule has 16 heteroatoms. The third-order valence-corrected chi connectivity index (χ3v) is 6.48. The van der Waals surface area contributed by atoms with Crippen LogP contribution in [0.3, 0.4) is 0 Å². The fourth-order valence-corrected chi connectivity index (χ4v) is 4.39. The lowest BCUT2D eigenvalue weighted by Gasteiger charge is -2.11. The highest BCUT2D eigenvalue weighted by molar-refractivity contribution is 6.21. The first-order valence-corrected chi connectivity index (χ1v) is 12.9. The SMILES string of the molecule is O=C(O)CC(CCCCCCC(CC(=O)O)C(=O)O)C(=O)O.O=C(O)c1ccc(C(=O)O)c2c(C(=O)O)ccc(C(=O)O)c12. The van der Waals surface area contributed by atoms with Crippen molar-refractivity contribution in [3.05, 3.63) is 46.5 Å². The second kappa shape index (κ2) is 16.8. The van der Waals surface area contributed by atoms with Crippen molar-refractivity contribution in [3.63, 3.8) is 0 Å². The van der Waals surface area contributed by atoms with Crippen LogP contribution < -0.4 is 0 Å². The van der Waals surface area contributed by atoms with Crippen LogP contribution in [0.15, 0.2) is 24.3 Å². The van der Waals surface area contributed by atoms with Gasteiger partial charge in [-0.25, -0.2) is 19.2 Å². The van der Waals surface area contributed by atoms with Gasteiger partial charge in [0.05, 0.1) is 46.9 Å². The number of carboxylic acids is 8. The average molecular weight is 623 g/mol. The lowest BCUT2D eigenvalue weighted by molar-refractivity contribution is -0.148. The molecule has 2 aromatic carbocycles. The summed E-state index contributed by atoms with van der Waals surface area (Å²) in [5.74, 6) is -12.3. The molecule has 0 spiro atoms. The van der Waals surface area contributed by atoms with Crippen LogP contribution in [0.2, 0.25) is 0 Å². The van der Waals surface area contributed by atoms with Gasteiger partial charge in [0.25, 0.3) is 0 Å². The number of rotatable bonds is 17. The molecule has 0 saturated heterocycles. The number of fused-ring (bicyclic) bond motifs is 1. The summed E-state index contributed by atoms with van der Waals surface area (Å²) in [6, 6.07) is 3.75. The van der Waals surface area contributed by atoms with E-state index in [-0.39, 0.29) is 12.8 Å². The summed E-state index contributed by atoms with van der Waals surface area (Å²) in [5.41, 5.74) is -1.94. The lowest BCUT2D eigenvalue weighted by atomic mass is 9.91. The first-order valence-electron chi connectivity index (χ1n) is 12.9. The van der Waals surface area contributed by atoms with Gasteiger partial charge in [0.15, 0.2) is 0 Å². The summed E-state index contributed by atoms with van der Waals surface area (Å²) in [4.78, 5) is 87.8. The molecule has 0 fully saturated rings. The maximum Gasteiger partial charge on any atom is 0.336 e. The van der Waals surface area contributed by atoms with Crippen molar-refractivity contribution < 1.29 is 79.2 Å². The fraction of sp³-hybridized carbons (Fsp3) is 0.357. The summed E-state index contributed by atoms with van der Waals surface area (Å²) in [6.45, 7) is 0. The van der Waals surface area contributed by atoms with Crippen molar-refractivity contribution in [1.82, 2.24) is 0 Å². The van der Waals surface area contributed by atoms with E-state index in [2.05, 4.69) is 0 Å². The van der Waals surface area contributed by atoms with Gasteiger partial charge in [-0.1, -0.05) is 25.7 Å². The molecule has 44 heavy (non-hydrogen) atoms. The van der Waals surface area contributed by atoms with Gasteiger partial charge >= 0.3 is 47.8 Å². The molecule has 16 nitrogen and oxygen atoms in total.